The summed E-state index contributed by atoms with van der Waals surface area (Å²) in [4.78, 5) is 11.7. The second-order valence-electron chi connectivity index (χ2n) is 5.84. The lowest BCUT2D eigenvalue weighted by molar-refractivity contribution is 0.102. The molecule has 0 N–H and O–H groups in total. The molecule has 2 nitrogen and oxygen atoms in total. The van der Waals surface area contributed by atoms with Crippen LogP contribution in [0.5, 0.6) is 0 Å². The van der Waals surface area contributed by atoms with Gasteiger partial charge in [-0.3, -0.25) is 4.79 Å². The Hall–Kier alpha value is -0.760. The summed E-state index contributed by atoms with van der Waals surface area (Å²) < 4.78 is 2.26. The van der Waals surface area contributed by atoms with E-state index in [0.29, 0.717) is 5.41 Å². The molecule has 1 aliphatic carbocycles. The number of ketones is 1. The molecule has 17 heavy (non-hydrogen) atoms. The number of nitrogens with zero attached hydrogens (tertiary/aromatic N) is 1. The van der Waals surface area contributed by atoms with Gasteiger partial charge in [-0.1, -0.05) is 13.8 Å². The molecule has 1 aliphatic rings. The molecule has 3 heteroatoms. The van der Waals surface area contributed by atoms with E-state index >= 15 is 0 Å². The first kappa shape index (κ1) is 12.7. The fraction of sp³-hybridized carbons (Fsp3) is 0.643. The molecule has 0 saturated heterocycles. The van der Waals surface area contributed by atoms with Crippen LogP contribution in [0.15, 0.2) is 6.07 Å². The van der Waals surface area contributed by atoms with Gasteiger partial charge < -0.3 is 4.57 Å². The maximum atomic E-state index is 11.7. The van der Waals surface area contributed by atoms with Gasteiger partial charge in [-0.05, 0) is 37.7 Å². The van der Waals surface area contributed by atoms with Crippen molar-refractivity contribution in [1.29, 1.82) is 0 Å². The van der Waals surface area contributed by atoms with Crippen molar-refractivity contribution in [2.24, 2.45) is 11.3 Å². The second-order valence-corrected chi connectivity index (χ2v) is 6.11. The van der Waals surface area contributed by atoms with Gasteiger partial charge >= 0.3 is 0 Å². The highest BCUT2D eigenvalue weighted by molar-refractivity contribution is 6.30. The van der Waals surface area contributed by atoms with Crippen LogP contribution in [-0.2, 0) is 6.54 Å². The summed E-state index contributed by atoms with van der Waals surface area (Å²) in [6, 6.07) is 1.97. The number of Topliss-reactive ketones (excluding diaryl/α,β-unsaturated/α-hetero) is 1. The molecule has 0 aromatic carbocycles. The molecule has 0 bridgehead atoms. The van der Waals surface area contributed by atoms with Crippen LogP contribution in [0.2, 0.25) is 0 Å². The largest absolute Gasteiger partial charge is 0.348 e. The summed E-state index contributed by atoms with van der Waals surface area (Å²) in [7, 11) is 0. The number of alkyl halides is 1. The van der Waals surface area contributed by atoms with Gasteiger partial charge in [0.1, 0.15) is 0 Å². The Bertz CT molecular complexity index is 459. The van der Waals surface area contributed by atoms with Crippen molar-refractivity contribution in [3.63, 3.8) is 0 Å². The van der Waals surface area contributed by atoms with Crippen LogP contribution in [0.25, 0.3) is 0 Å². The molecular formula is C14H20ClNO. The molecular weight excluding hydrogens is 234 g/mol. The lowest BCUT2D eigenvalue weighted by Gasteiger charge is -2.10. The van der Waals surface area contributed by atoms with Crippen LogP contribution in [0.4, 0.5) is 0 Å². The van der Waals surface area contributed by atoms with Gasteiger partial charge in [-0.2, -0.15) is 0 Å². The normalized spacial score (nSPS) is 21.6. The van der Waals surface area contributed by atoms with Crippen LogP contribution in [0.3, 0.4) is 0 Å². The van der Waals surface area contributed by atoms with Crippen molar-refractivity contribution < 1.29 is 4.79 Å². The molecule has 1 unspecified atom stereocenters. The van der Waals surface area contributed by atoms with Gasteiger partial charge in [-0.15, -0.1) is 11.6 Å². The maximum Gasteiger partial charge on any atom is 0.179 e. The zero-order chi connectivity index (χ0) is 12.8. The SMILES string of the molecule is Cc1cc(C(=O)CCl)c(C)n1CC1CC1(C)C. The highest BCUT2D eigenvalue weighted by Gasteiger charge is 2.45. The molecule has 2 rings (SSSR count). The molecule has 1 heterocycles. The number of carbonyl (C=O) groups excluding carboxylic acids is 1. The number of aryl methyl sites for hydroxylation is 1. The summed E-state index contributed by atoms with van der Waals surface area (Å²) in [5, 5.41) is 0. The minimum atomic E-state index is 0.0288. The minimum absolute atomic E-state index is 0.0288. The standard InChI is InChI=1S/C14H20ClNO/c1-9-5-12(13(17)7-15)10(2)16(9)8-11-6-14(11,3)4/h5,11H,6-8H2,1-4H3. The Balaban J connectivity index is 2.23. The number of halogens is 1. The first-order valence-corrected chi connectivity index (χ1v) is 6.66. The van der Waals surface area contributed by atoms with Gasteiger partial charge in [0.05, 0.1) is 5.88 Å². The van der Waals surface area contributed by atoms with Gasteiger partial charge in [0.25, 0.3) is 0 Å². The van der Waals surface area contributed by atoms with Crippen molar-refractivity contribution in [3.05, 3.63) is 23.0 Å². The number of hydrogen-bond donors (Lipinski definition) is 0. The lowest BCUT2D eigenvalue weighted by atomic mass is 10.1. The van der Waals surface area contributed by atoms with Crippen molar-refractivity contribution in [2.75, 3.05) is 5.88 Å². The van der Waals surface area contributed by atoms with Crippen LogP contribution >= 0.6 is 11.6 Å². The average molecular weight is 254 g/mol. The van der Waals surface area contributed by atoms with Crippen molar-refractivity contribution in [1.82, 2.24) is 4.57 Å². The Morgan fingerprint density at radius 2 is 2.12 bits per heavy atom. The smallest absolute Gasteiger partial charge is 0.179 e. The molecule has 1 saturated carbocycles. The van der Waals surface area contributed by atoms with E-state index in [-0.39, 0.29) is 11.7 Å². The Morgan fingerprint density at radius 3 is 2.59 bits per heavy atom. The van der Waals surface area contributed by atoms with Crippen molar-refractivity contribution in [2.45, 2.75) is 40.7 Å². The second kappa shape index (κ2) is 4.16. The van der Waals surface area contributed by atoms with Gasteiger partial charge in [-0.25, -0.2) is 0 Å². The summed E-state index contributed by atoms with van der Waals surface area (Å²) in [6.45, 7) is 9.71. The third-order valence-corrected chi connectivity index (χ3v) is 4.36. The lowest BCUT2D eigenvalue weighted by Crippen LogP contribution is -2.09. The molecule has 1 aromatic heterocycles. The highest BCUT2D eigenvalue weighted by Crippen LogP contribution is 2.52. The number of aromatic nitrogens is 1. The quantitative estimate of drug-likeness (QED) is 0.594. The van der Waals surface area contributed by atoms with E-state index in [2.05, 4.69) is 25.3 Å². The molecule has 0 aliphatic heterocycles. The van der Waals surface area contributed by atoms with Crippen LogP contribution in [0, 0.1) is 25.2 Å². The Labute approximate surface area is 108 Å². The van der Waals surface area contributed by atoms with Crippen LogP contribution in [-0.4, -0.2) is 16.2 Å². The zero-order valence-corrected chi connectivity index (χ0v) is 11.8. The van der Waals surface area contributed by atoms with Crippen molar-refractivity contribution in [3.8, 4) is 0 Å². The van der Waals surface area contributed by atoms with E-state index in [1.54, 1.807) is 0 Å². The summed E-state index contributed by atoms with van der Waals surface area (Å²) in [5.74, 6) is 0.839. The molecule has 1 atom stereocenters. The third-order valence-electron chi connectivity index (χ3n) is 4.12. The summed E-state index contributed by atoms with van der Waals surface area (Å²) in [5.41, 5.74) is 3.49. The van der Waals surface area contributed by atoms with Crippen molar-refractivity contribution >= 4 is 17.4 Å². The molecule has 1 fully saturated rings. The van der Waals surface area contributed by atoms with E-state index < -0.39 is 0 Å². The number of hydrogen-bond acceptors (Lipinski definition) is 1. The van der Waals surface area contributed by atoms with E-state index in [1.165, 1.54) is 12.1 Å². The number of rotatable bonds is 4. The Kier molecular flexibility index (Phi) is 3.11. The van der Waals surface area contributed by atoms with Crippen LogP contribution < -0.4 is 0 Å². The first-order chi connectivity index (χ1) is 7.86. The average Bonchev–Trinajstić information content (AvgIpc) is 2.77. The van der Waals surface area contributed by atoms with Gasteiger partial charge in [0.2, 0.25) is 0 Å². The van der Waals surface area contributed by atoms with Gasteiger partial charge in [0.15, 0.2) is 5.78 Å². The number of carbonyl (C=O) groups is 1. The predicted octanol–water partition coefficient (Wildman–Crippen LogP) is 3.57. The van der Waals surface area contributed by atoms with Gasteiger partial charge in [0, 0.05) is 23.5 Å². The molecule has 94 valence electrons. The fourth-order valence-corrected chi connectivity index (χ4v) is 2.69. The topological polar surface area (TPSA) is 22.0 Å². The molecule has 0 amide bonds. The summed E-state index contributed by atoms with van der Waals surface area (Å²) in [6.07, 6.45) is 1.28. The van der Waals surface area contributed by atoms with Crippen LogP contribution in [0.1, 0.15) is 42.0 Å². The van der Waals surface area contributed by atoms with E-state index in [0.717, 1.165) is 23.7 Å². The Morgan fingerprint density at radius 1 is 1.53 bits per heavy atom. The van der Waals surface area contributed by atoms with E-state index in [4.69, 9.17) is 11.6 Å². The zero-order valence-electron chi connectivity index (χ0n) is 11.0. The molecule has 0 spiro atoms. The van der Waals surface area contributed by atoms with E-state index in [1.807, 2.05) is 13.0 Å². The maximum absolute atomic E-state index is 11.7. The monoisotopic (exact) mass is 253 g/mol. The first-order valence-electron chi connectivity index (χ1n) is 6.12. The third kappa shape index (κ3) is 2.28. The molecule has 0 radical (unpaired) electrons. The fourth-order valence-electron chi connectivity index (χ4n) is 2.54. The van der Waals surface area contributed by atoms with E-state index in [9.17, 15) is 4.79 Å². The predicted molar refractivity (Wildman–Crippen MR) is 70.8 cm³/mol. The summed E-state index contributed by atoms with van der Waals surface area (Å²) >= 11 is 5.62. The minimum Gasteiger partial charge on any atom is -0.348 e. The highest BCUT2D eigenvalue weighted by atomic mass is 35.5. The molecule has 1 aromatic rings.